The van der Waals surface area contributed by atoms with Gasteiger partial charge in [0.05, 0.1) is 5.69 Å². The third-order valence-corrected chi connectivity index (χ3v) is 2.49. The molecule has 0 bridgehead atoms. The number of hydrogen-bond donors (Lipinski definition) is 3. The van der Waals surface area contributed by atoms with E-state index < -0.39 is 0 Å². The van der Waals surface area contributed by atoms with Crippen molar-refractivity contribution in [2.24, 2.45) is 0 Å². The van der Waals surface area contributed by atoms with Crippen molar-refractivity contribution in [2.45, 2.75) is 5.16 Å². The molecule has 0 aliphatic rings. The molecule has 7 nitrogen and oxygen atoms in total. The van der Waals surface area contributed by atoms with Crippen molar-refractivity contribution >= 4 is 24.3 Å². The summed E-state index contributed by atoms with van der Waals surface area (Å²) >= 11 is 4.13. The van der Waals surface area contributed by atoms with Crippen LogP contribution in [0.15, 0.2) is 42.1 Å². The van der Waals surface area contributed by atoms with Gasteiger partial charge in [0.15, 0.2) is 0 Å². The summed E-state index contributed by atoms with van der Waals surface area (Å²) in [6, 6.07) is 6.79. The van der Waals surface area contributed by atoms with Gasteiger partial charge in [-0.05, 0) is 28.6 Å². The van der Waals surface area contributed by atoms with Gasteiger partial charge >= 0.3 is 6.03 Å². The van der Waals surface area contributed by atoms with Crippen molar-refractivity contribution in [3.05, 3.63) is 36.9 Å². The van der Waals surface area contributed by atoms with Gasteiger partial charge < -0.3 is 10.6 Å². The van der Waals surface area contributed by atoms with Gasteiger partial charge in [-0.3, -0.25) is 0 Å². The first-order chi connectivity index (χ1) is 9.20. The minimum atomic E-state index is -0.306. The average Bonchev–Trinajstić information content (AvgIpc) is 2.83. The molecule has 2 N–H and O–H groups in total. The van der Waals surface area contributed by atoms with Crippen LogP contribution in [0.5, 0.6) is 0 Å². The zero-order chi connectivity index (χ0) is 13.7. The molecule has 0 spiro atoms. The van der Waals surface area contributed by atoms with Crippen LogP contribution >= 0.6 is 12.6 Å². The highest BCUT2D eigenvalue weighted by molar-refractivity contribution is 7.80. The molecular weight excluding hydrogens is 264 g/mol. The molecule has 0 radical (unpaired) electrons. The van der Waals surface area contributed by atoms with Crippen molar-refractivity contribution in [1.82, 2.24) is 25.5 Å². The van der Waals surface area contributed by atoms with Crippen LogP contribution in [-0.2, 0) is 0 Å². The lowest BCUT2D eigenvalue weighted by molar-refractivity contribution is 0.253. The van der Waals surface area contributed by atoms with Crippen LogP contribution in [0, 0.1) is 0 Å². The van der Waals surface area contributed by atoms with Crippen LogP contribution in [0.1, 0.15) is 0 Å². The average molecular weight is 276 g/mol. The van der Waals surface area contributed by atoms with Crippen molar-refractivity contribution in [1.29, 1.82) is 0 Å². The first-order valence-electron chi connectivity index (χ1n) is 5.44. The Morgan fingerprint density at radius 2 is 2.37 bits per heavy atom. The van der Waals surface area contributed by atoms with E-state index >= 15 is 0 Å². The lowest BCUT2D eigenvalue weighted by Crippen LogP contribution is -2.28. The molecule has 2 rings (SSSR count). The first kappa shape index (κ1) is 13.1. The molecule has 1 aromatic carbocycles. The quantitative estimate of drug-likeness (QED) is 0.580. The minimum absolute atomic E-state index is 0.306. The summed E-state index contributed by atoms with van der Waals surface area (Å²) < 4.78 is 1.45. The van der Waals surface area contributed by atoms with Crippen molar-refractivity contribution in [3.63, 3.8) is 0 Å². The summed E-state index contributed by atoms with van der Waals surface area (Å²) in [7, 11) is 0. The lowest BCUT2D eigenvalue weighted by Gasteiger charge is -2.07. The molecular formula is C11H12N6OS. The molecule has 0 unspecified atom stereocenters. The van der Waals surface area contributed by atoms with Gasteiger partial charge in [-0.2, -0.15) is 4.68 Å². The van der Waals surface area contributed by atoms with E-state index in [9.17, 15) is 4.79 Å². The predicted octanol–water partition coefficient (Wildman–Crippen LogP) is 1.26. The fraction of sp³-hybridized carbons (Fsp3) is 0.0909. The van der Waals surface area contributed by atoms with E-state index in [1.54, 1.807) is 24.3 Å². The van der Waals surface area contributed by atoms with Crippen LogP contribution in [-0.4, -0.2) is 32.8 Å². The number of aromatic nitrogens is 4. The molecule has 0 aliphatic carbocycles. The van der Waals surface area contributed by atoms with Crippen molar-refractivity contribution < 1.29 is 4.79 Å². The summed E-state index contributed by atoms with van der Waals surface area (Å²) in [4.78, 5) is 11.5. The van der Waals surface area contributed by atoms with Gasteiger partial charge in [0.1, 0.15) is 0 Å². The fourth-order valence-electron chi connectivity index (χ4n) is 1.41. The van der Waals surface area contributed by atoms with Gasteiger partial charge in [0.25, 0.3) is 0 Å². The molecule has 2 aromatic rings. The topological polar surface area (TPSA) is 84.7 Å². The summed E-state index contributed by atoms with van der Waals surface area (Å²) in [6.45, 7) is 3.92. The SMILES string of the molecule is C=CCNC(=O)Nc1cccc(-n2nnnc2S)c1. The smallest absolute Gasteiger partial charge is 0.319 e. The van der Waals surface area contributed by atoms with E-state index in [2.05, 4.69) is 45.4 Å². The molecule has 0 fully saturated rings. The van der Waals surface area contributed by atoms with Crippen molar-refractivity contribution in [2.75, 3.05) is 11.9 Å². The van der Waals surface area contributed by atoms with Gasteiger partial charge in [-0.15, -0.1) is 24.3 Å². The van der Waals surface area contributed by atoms with Gasteiger partial charge in [-0.25, -0.2) is 4.79 Å². The maximum atomic E-state index is 11.5. The number of urea groups is 1. The Balaban J connectivity index is 2.14. The number of nitrogens with zero attached hydrogens (tertiary/aromatic N) is 4. The minimum Gasteiger partial charge on any atom is -0.334 e. The molecule has 0 saturated carbocycles. The summed E-state index contributed by atoms with van der Waals surface area (Å²) in [5.41, 5.74) is 1.33. The molecule has 1 heterocycles. The standard InChI is InChI=1S/C11H12N6OS/c1-2-6-12-10(18)13-8-4-3-5-9(7-8)17-11(19)14-15-16-17/h2-5,7H,1,6H2,(H2,12,13,18)(H,14,16,19). The maximum Gasteiger partial charge on any atom is 0.319 e. The molecule has 1 aromatic heterocycles. The van der Waals surface area contributed by atoms with E-state index in [4.69, 9.17) is 0 Å². The largest absolute Gasteiger partial charge is 0.334 e. The van der Waals surface area contributed by atoms with E-state index in [0.29, 0.717) is 23.1 Å². The summed E-state index contributed by atoms with van der Waals surface area (Å²) in [5, 5.41) is 16.7. The maximum absolute atomic E-state index is 11.5. The zero-order valence-electron chi connectivity index (χ0n) is 9.95. The number of rotatable bonds is 4. The number of carbonyl (C=O) groups is 1. The second kappa shape index (κ2) is 6.01. The Kier molecular flexibility index (Phi) is 4.14. The number of tetrazole rings is 1. The molecule has 2 amide bonds. The van der Waals surface area contributed by atoms with Crippen LogP contribution in [0.3, 0.4) is 0 Å². The van der Waals surface area contributed by atoms with Crippen LogP contribution in [0.2, 0.25) is 0 Å². The summed E-state index contributed by atoms with van der Waals surface area (Å²) in [6.07, 6.45) is 1.60. The number of anilines is 1. The predicted molar refractivity (Wildman–Crippen MR) is 73.6 cm³/mol. The number of thiol groups is 1. The number of benzene rings is 1. The van der Waals surface area contributed by atoms with Crippen molar-refractivity contribution in [3.8, 4) is 5.69 Å². The Labute approximate surface area is 115 Å². The van der Waals surface area contributed by atoms with E-state index in [-0.39, 0.29) is 6.03 Å². The molecule has 0 saturated heterocycles. The molecule has 8 heteroatoms. The van der Waals surface area contributed by atoms with Crippen LogP contribution in [0.4, 0.5) is 10.5 Å². The zero-order valence-corrected chi connectivity index (χ0v) is 10.8. The number of nitrogens with one attached hydrogen (secondary N) is 2. The van der Waals surface area contributed by atoms with E-state index in [1.165, 1.54) is 4.68 Å². The second-order valence-corrected chi connectivity index (χ2v) is 3.96. The fourth-order valence-corrected chi connectivity index (χ4v) is 1.60. The van der Waals surface area contributed by atoms with Gasteiger partial charge in [0.2, 0.25) is 5.16 Å². The van der Waals surface area contributed by atoms with Gasteiger partial charge in [0, 0.05) is 12.2 Å². The highest BCUT2D eigenvalue weighted by Crippen LogP contribution is 2.15. The van der Waals surface area contributed by atoms with Gasteiger partial charge in [-0.1, -0.05) is 12.1 Å². The lowest BCUT2D eigenvalue weighted by atomic mass is 10.3. The molecule has 0 aliphatic heterocycles. The Bertz CT molecular complexity index is 596. The number of hydrogen-bond acceptors (Lipinski definition) is 5. The Morgan fingerprint density at radius 3 is 3.05 bits per heavy atom. The first-order valence-corrected chi connectivity index (χ1v) is 5.89. The normalized spacial score (nSPS) is 9.95. The third kappa shape index (κ3) is 3.32. The Hall–Kier alpha value is -2.35. The molecule has 98 valence electrons. The number of amides is 2. The van der Waals surface area contributed by atoms with E-state index in [0.717, 1.165) is 0 Å². The molecule has 19 heavy (non-hydrogen) atoms. The monoisotopic (exact) mass is 276 g/mol. The summed E-state index contributed by atoms with van der Waals surface area (Å²) in [5.74, 6) is 0. The van der Waals surface area contributed by atoms with E-state index in [1.807, 2.05) is 6.07 Å². The third-order valence-electron chi connectivity index (χ3n) is 2.21. The highest BCUT2D eigenvalue weighted by Gasteiger charge is 2.06. The highest BCUT2D eigenvalue weighted by atomic mass is 32.1. The number of carbonyl (C=O) groups excluding carboxylic acids is 1. The van der Waals surface area contributed by atoms with Crippen LogP contribution < -0.4 is 10.6 Å². The second-order valence-electron chi connectivity index (χ2n) is 3.56. The molecule has 0 atom stereocenters. The Morgan fingerprint density at radius 1 is 1.53 bits per heavy atom. The van der Waals surface area contributed by atoms with Crippen LogP contribution in [0.25, 0.3) is 5.69 Å².